The molecule has 0 bridgehead atoms. The fourth-order valence-corrected chi connectivity index (χ4v) is 6.67. The first-order valence-electron chi connectivity index (χ1n) is 11.6. The molecule has 5 aliphatic rings. The second-order valence-corrected chi connectivity index (χ2v) is 9.64. The molecular formula is C23H30N4O4. The van der Waals surface area contributed by atoms with Crippen LogP contribution >= 0.6 is 0 Å². The molecule has 1 aromatic rings. The third-order valence-electron chi connectivity index (χ3n) is 8.04. The molecule has 0 saturated carbocycles. The van der Waals surface area contributed by atoms with Crippen molar-refractivity contribution in [3.63, 3.8) is 0 Å². The summed E-state index contributed by atoms with van der Waals surface area (Å²) in [5.74, 6) is -0.962. The molecule has 1 amide bonds. The minimum absolute atomic E-state index is 0.0561. The van der Waals surface area contributed by atoms with Crippen LogP contribution in [0.2, 0.25) is 0 Å². The van der Waals surface area contributed by atoms with Crippen LogP contribution in [0.4, 0.5) is 0 Å². The second kappa shape index (κ2) is 7.55. The number of hydrogen-bond donors (Lipinski definition) is 5. The molecule has 4 saturated heterocycles. The predicted octanol–water partition coefficient (Wildman–Crippen LogP) is 0.0355. The van der Waals surface area contributed by atoms with E-state index in [0.29, 0.717) is 0 Å². The highest BCUT2D eigenvalue weighted by Crippen LogP contribution is 2.51. The Balaban J connectivity index is 1.43. The number of Topliss-reactive ketones (excluding diaryl/α,β-unsaturated/α-hetero) is 1. The number of rotatable bonds is 1. The van der Waals surface area contributed by atoms with Gasteiger partial charge in [0.25, 0.3) is 0 Å². The first-order valence-corrected chi connectivity index (χ1v) is 11.6. The molecule has 0 aliphatic carbocycles. The van der Waals surface area contributed by atoms with Gasteiger partial charge >= 0.3 is 0 Å². The zero-order valence-electron chi connectivity index (χ0n) is 17.4. The fourth-order valence-electron chi connectivity index (χ4n) is 6.67. The van der Waals surface area contributed by atoms with Crippen molar-refractivity contribution in [1.29, 1.82) is 0 Å². The minimum atomic E-state index is -1.01. The molecule has 31 heavy (non-hydrogen) atoms. The third-order valence-corrected chi connectivity index (χ3v) is 8.04. The standard InChI is InChI=1S/C23H30N4O4/c28-18-12-6-3-9-24-20(12)26-22(29)16(18)15-11-5-1-2-8-14(11)31-19-13-7-4-10-25-21(13)27-23(30)17(15)19/h1-2,5,8,12-13,15-17,19-22,24-26,29H,3-4,6-7,9-10H2,(H,27,30). The number of aliphatic hydroxyl groups is 1. The van der Waals surface area contributed by atoms with Crippen molar-refractivity contribution < 1.29 is 19.4 Å². The quantitative estimate of drug-likeness (QED) is 0.431. The topological polar surface area (TPSA) is 112 Å². The average molecular weight is 427 g/mol. The van der Waals surface area contributed by atoms with Crippen LogP contribution in [-0.4, -0.2) is 54.5 Å². The zero-order valence-corrected chi connectivity index (χ0v) is 17.4. The van der Waals surface area contributed by atoms with Gasteiger partial charge in [-0.25, -0.2) is 0 Å². The molecule has 4 fully saturated rings. The molecule has 0 radical (unpaired) electrons. The van der Waals surface area contributed by atoms with Crippen molar-refractivity contribution in [2.45, 2.75) is 56.3 Å². The molecule has 166 valence electrons. The summed E-state index contributed by atoms with van der Waals surface area (Å²) in [5.41, 5.74) is 0.850. The van der Waals surface area contributed by atoms with E-state index in [2.05, 4.69) is 21.3 Å². The van der Waals surface area contributed by atoms with E-state index in [0.717, 1.165) is 50.1 Å². The van der Waals surface area contributed by atoms with Gasteiger partial charge in [0.1, 0.15) is 23.9 Å². The molecule has 0 spiro atoms. The number of fused-ring (bicyclic) bond motifs is 5. The Labute approximate surface area is 181 Å². The number of piperidine rings is 4. The van der Waals surface area contributed by atoms with E-state index in [9.17, 15) is 14.7 Å². The molecule has 6 rings (SSSR count). The van der Waals surface area contributed by atoms with Crippen molar-refractivity contribution in [3.8, 4) is 5.75 Å². The highest BCUT2D eigenvalue weighted by molar-refractivity contribution is 5.89. The van der Waals surface area contributed by atoms with E-state index in [1.807, 2.05) is 24.3 Å². The normalized spacial score (nSPS) is 44.1. The van der Waals surface area contributed by atoms with Crippen molar-refractivity contribution in [2.75, 3.05) is 13.1 Å². The van der Waals surface area contributed by atoms with E-state index >= 15 is 0 Å². The number of ketones is 1. The maximum atomic E-state index is 13.7. The molecular weight excluding hydrogens is 396 g/mol. The van der Waals surface area contributed by atoms with E-state index in [-0.39, 0.29) is 42.0 Å². The summed E-state index contributed by atoms with van der Waals surface area (Å²) in [6, 6.07) is 7.71. The van der Waals surface area contributed by atoms with Gasteiger partial charge < -0.3 is 20.5 Å². The van der Waals surface area contributed by atoms with Gasteiger partial charge in [-0.05, 0) is 50.4 Å². The molecule has 0 aromatic heterocycles. The van der Waals surface area contributed by atoms with Crippen molar-refractivity contribution >= 4 is 11.7 Å². The molecule has 8 nitrogen and oxygen atoms in total. The van der Waals surface area contributed by atoms with Crippen LogP contribution in [0.1, 0.15) is 37.2 Å². The monoisotopic (exact) mass is 426 g/mol. The Morgan fingerprint density at radius 3 is 2.58 bits per heavy atom. The summed E-state index contributed by atoms with van der Waals surface area (Å²) < 4.78 is 6.45. The summed E-state index contributed by atoms with van der Waals surface area (Å²) >= 11 is 0. The number of hydrogen-bond acceptors (Lipinski definition) is 7. The zero-order chi connectivity index (χ0) is 21.1. The summed E-state index contributed by atoms with van der Waals surface area (Å²) in [6.07, 6.45) is 2.09. The van der Waals surface area contributed by atoms with E-state index < -0.39 is 24.0 Å². The van der Waals surface area contributed by atoms with Gasteiger partial charge in [-0.15, -0.1) is 0 Å². The second-order valence-electron chi connectivity index (χ2n) is 9.64. The molecule has 9 atom stereocenters. The van der Waals surface area contributed by atoms with Crippen LogP contribution in [0, 0.1) is 23.7 Å². The smallest absolute Gasteiger partial charge is 0.228 e. The van der Waals surface area contributed by atoms with Crippen molar-refractivity contribution in [2.24, 2.45) is 23.7 Å². The number of benzene rings is 1. The first-order chi connectivity index (χ1) is 15.1. The average Bonchev–Trinajstić information content (AvgIpc) is 2.78. The summed E-state index contributed by atoms with van der Waals surface area (Å²) in [4.78, 5) is 27.1. The Hall–Kier alpha value is -2.00. The number of carbonyl (C=O) groups is 2. The van der Waals surface area contributed by atoms with Crippen LogP contribution in [0.25, 0.3) is 0 Å². The van der Waals surface area contributed by atoms with Crippen LogP contribution < -0.4 is 26.0 Å². The molecule has 8 heteroatoms. The molecule has 5 heterocycles. The highest BCUT2D eigenvalue weighted by Gasteiger charge is 2.58. The Kier molecular flexibility index (Phi) is 4.79. The SMILES string of the molecule is O=C1C2CCCNC2NC(O)C1C1c2ccccc2OC2C3CCCNC3NC(=O)C21. The van der Waals surface area contributed by atoms with E-state index in [1.54, 1.807) is 0 Å². The van der Waals surface area contributed by atoms with Gasteiger partial charge in [0.15, 0.2) is 0 Å². The first kappa shape index (κ1) is 19.7. The Morgan fingerprint density at radius 2 is 1.71 bits per heavy atom. The number of ether oxygens (including phenoxy) is 1. The number of nitrogens with one attached hydrogen (secondary N) is 4. The largest absolute Gasteiger partial charge is 0.489 e. The van der Waals surface area contributed by atoms with E-state index in [1.165, 1.54) is 0 Å². The number of carbonyl (C=O) groups excluding carboxylic acids is 2. The highest BCUT2D eigenvalue weighted by atomic mass is 16.5. The number of para-hydroxylation sites is 1. The summed E-state index contributed by atoms with van der Waals surface area (Å²) in [6.45, 7) is 1.71. The van der Waals surface area contributed by atoms with Crippen molar-refractivity contribution in [1.82, 2.24) is 21.3 Å². The van der Waals surface area contributed by atoms with Gasteiger partial charge in [-0.3, -0.25) is 20.2 Å². The maximum Gasteiger partial charge on any atom is 0.228 e. The van der Waals surface area contributed by atoms with Crippen LogP contribution in [0.15, 0.2) is 24.3 Å². The van der Waals surface area contributed by atoms with Gasteiger partial charge in [-0.1, -0.05) is 18.2 Å². The Bertz CT molecular complexity index is 894. The lowest BCUT2D eigenvalue weighted by atomic mass is 9.63. The lowest BCUT2D eigenvalue weighted by Crippen LogP contribution is -2.70. The van der Waals surface area contributed by atoms with Gasteiger partial charge in [0, 0.05) is 17.8 Å². The van der Waals surface area contributed by atoms with E-state index in [4.69, 9.17) is 4.74 Å². The minimum Gasteiger partial charge on any atom is -0.489 e. The third kappa shape index (κ3) is 3.03. The van der Waals surface area contributed by atoms with Gasteiger partial charge in [0.05, 0.1) is 24.2 Å². The van der Waals surface area contributed by atoms with Gasteiger partial charge in [0.2, 0.25) is 5.91 Å². The van der Waals surface area contributed by atoms with Gasteiger partial charge in [-0.2, -0.15) is 0 Å². The summed E-state index contributed by atoms with van der Waals surface area (Å²) in [7, 11) is 0. The molecule has 9 unspecified atom stereocenters. The summed E-state index contributed by atoms with van der Waals surface area (Å²) in [5, 5.41) is 24.2. The van der Waals surface area contributed by atoms with Crippen LogP contribution in [-0.2, 0) is 9.59 Å². The lowest BCUT2D eigenvalue weighted by Gasteiger charge is -2.53. The fraction of sp³-hybridized carbons (Fsp3) is 0.652. The lowest BCUT2D eigenvalue weighted by molar-refractivity contribution is -0.152. The van der Waals surface area contributed by atoms with Crippen LogP contribution in [0.3, 0.4) is 0 Å². The Morgan fingerprint density at radius 1 is 0.935 bits per heavy atom. The molecule has 1 aromatic carbocycles. The predicted molar refractivity (Wildman–Crippen MR) is 112 cm³/mol. The number of aliphatic hydroxyl groups excluding tert-OH is 1. The van der Waals surface area contributed by atoms with Crippen LogP contribution in [0.5, 0.6) is 5.75 Å². The molecule has 5 N–H and O–H groups in total. The number of amides is 1. The molecule has 5 aliphatic heterocycles. The van der Waals surface area contributed by atoms with Crippen molar-refractivity contribution in [3.05, 3.63) is 29.8 Å². The maximum absolute atomic E-state index is 13.7.